The molecule has 0 aliphatic heterocycles. The Morgan fingerprint density at radius 2 is 1.33 bits per heavy atom. The van der Waals surface area contributed by atoms with Crippen molar-refractivity contribution in [3.63, 3.8) is 0 Å². The van der Waals surface area contributed by atoms with Crippen molar-refractivity contribution in [3.8, 4) is 0 Å². The second kappa shape index (κ2) is 19.8. The molecule has 2 N–H and O–H groups in total. The predicted molar refractivity (Wildman–Crippen MR) is 132 cm³/mol. The Balaban J connectivity index is 3.74. The van der Waals surface area contributed by atoms with Crippen molar-refractivity contribution in [3.05, 3.63) is 0 Å². The molecule has 0 aliphatic rings. The standard InChI is InChI=1S/C24H50NO7P/c1-5-6-7-8-9-10-11-12-13-14-15-16-17-18-24(27)32-23(21-26)22-31-33(28,29)30-20-19-25(2,3)4/h23,26H,5-22H2,1-4H3/p+1. The van der Waals surface area contributed by atoms with E-state index in [9.17, 15) is 19.4 Å². The minimum Gasteiger partial charge on any atom is -0.457 e. The predicted octanol–water partition coefficient (Wildman–Crippen LogP) is 5.21. The van der Waals surface area contributed by atoms with Gasteiger partial charge in [0, 0.05) is 6.42 Å². The van der Waals surface area contributed by atoms with Gasteiger partial charge in [0.15, 0.2) is 0 Å². The zero-order chi connectivity index (χ0) is 25.0. The van der Waals surface area contributed by atoms with Gasteiger partial charge in [-0.05, 0) is 6.42 Å². The Kier molecular flexibility index (Phi) is 19.5. The molecule has 33 heavy (non-hydrogen) atoms. The first-order valence-electron chi connectivity index (χ1n) is 12.8. The summed E-state index contributed by atoms with van der Waals surface area (Å²) in [6, 6.07) is 0. The van der Waals surface area contributed by atoms with E-state index in [0.29, 0.717) is 11.0 Å². The van der Waals surface area contributed by atoms with E-state index in [1.165, 1.54) is 64.2 Å². The number of likely N-dealkylation sites (N-methyl/N-ethyl adjacent to an activating group) is 1. The molecule has 0 spiro atoms. The van der Waals surface area contributed by atoms with Gasteiger partial charge in [-0.1, -0.05) is 84.0 Å². The first-order chi connectivity index (χ1) is 15.6. The van der Waals surface area contributed by atoms with E-state index in [1.807, 2.05) is 21.1 Å². The van der Waals surface area contributed by atoms with Crippen LogP contribution in [-0.2, 0) is 23.1 Å². The lowest BCUT2D eigenvalue weighted by Crippen LogP contribution is -2.37. The van der Waals surface area contributed by atoms with Gasteiger partial charge in [-0.25, -0.2) is 4.57 Å². The quantitative estimate of drug-likeness (QED) is 0.0866. The van der Waals surface area contributed by atoms with Crippen molar-refractivity contribution in [1.29, 1.82) is 0 Å². The lowest BCUT2D eigenvalue weighted by Gasteiger charge is -2.24. The number of aliphatic hydroxyl groups is 1. The third-order valence-electron chi connectivity index (χ3n) is 5.43. The van der Waals surface area contributed by atoms with E-state index in [-0.39, 0.29) is 19.6 Å². The minimum atomic E-state index is -4.25. The number of carbonyl (C=O) groups excluding carboxylic acids is 1. The van der Waals surface area contributed by atoms with E-state index in [4.69, 9.17) is 13.8 Å². The number of nitrogens with zero attached hydrogens (tertiary/aromatic N) is 1. The molecule has 0 radical (unpaired) electrons. The molecular weight excluding hydrogens is 445 g/mol. The lowest BCUT2D eigenvalue weighted by atomic mass is 10.0. The molecule has 0 saturated carbocycles. The highest BCUT2D eigenvalue weighted by Gasteiger charge is 2.25. The summed E-state index contributed by atoms with van der Waals surface area (Å²) in [5.74, 6) is -0.431. The average molecular weight is 497 g/mol. The molecule has 0 aromatic heterocycles. The number of hydrogen-bond acceptors (Lipinski definition) is 6. The molecule has 0 saturated heterocycles. The number of phosphoric ester groups is 1. The molecule has 0 fully saturated rings. The topological polar surface area (TPSA) is 102 Å². The van der Waals surface area contributed by atoms with Crippen molar-refractivity contribution in [2.45, 2.75) is 103 Å². The van der Waals surface area contributed by atoms with Gasteiger partial charge in [-0.2, -0.15) is 0 Å². The normalized spacial score (nSPS) is 14.7. The first kappa shape index (κ1) is 32.5. The van der Waals surface area contributed by atoms with Crippen LogP contribution in [0.5, 0.6) is 0 Å². The number of rotatable bonds is 23. The van der Waals surface area contributed by atoms with Crippen LogP contribution < -0.4 is 0 Å². The number of ether oxygens (including phenoxy) is 1. The van der Waals surface area contributed by atoms with Crippen LogP contribution in [0, 0.1) is 0 Å². The molecule has 8 nitrogen and oxygen atoms in total. The van der Waals surface area contributed by atoms with Crippen molar-refractivity contribution in [1.82, 2.24) is 0 Å². The number of esters is 1. The Morgan fingerprint density at radius 3 is 1.79 bits per heavy atom. The molecule has 0 heterocycles. The maximum absolute atomic E-state index is 12.0. The first-order valence-corrected chi connectivity index (χ1v) is 14.3. The SMILES string of the molecule is CCCCCCCCCCCCCCCC(=O)OC(CO)COP(=O)(O)OCC[N+](C)(C)C. The summed E-state index contributed by atoms with van der Waals surface area (Å²) in [6.07, 6.45) is 15.3. The number of hydrogen-bond donors (Lipinski definition) is 2. The van der Waals surface area contributed by atoms with Crippen LogP contribution in [0.2, 0.25) is 0 Å². The third-order valence-corrected chi connectivity index (χ3v) is 6.41. The second-order valence-electron chi connectivity index (χ2n) is 9.90. The number of aliphatic hydroxyl groups excluding tert-OH is 1. The summed E-state index contributed by atoms with van der Waals surface area (Å²) < 4.78 is 27.4. The summed E-state index contributed by atoms with van der Waals surface area (Å²) >= 11 is 0. The van der Waals surface area contributed by atoms with E-state index < -0.39 is 26.5 Å². The molecule has 0 amide bonds. The van der Waals surface area contributed by atoms with Gasteiger partial charge >= 0.3 is 13.8 Å². The average Bonchev–Trinajstić information content (AvgIpc) is 2.73. The summed E-state index contributed by atoms with van der Waals surface area (Å²) in [4.78, 5) is 21.7. The van der Waals surface area contributed by atoms with Crippen LogP contribution in [0.15, 0.2) is 0 Å². The van der Waals surface area contributed by atoms with Crippen LogP contribution in [0.4, 0.5) is 0 Å². The fourth-order valence-corrected chi connectivity index (χ4v) is 4.04. The number of carbonyl (C=O) groups is 1. The van der Waals surface area contributed by atoms with E-state index in [0.717, 1.165) is 19.3 Å². The maximum Gasteiger partial charge on any atom is 0.472 e. The Morgan fingerprint density at radius 1 is 0.848 bits per heavy atom. The van der Waals surface area contributed by atoms with E-state index in [1.54, 1.807) is 0 Å². The summed E-state index contributed by atoms with van der Waals surface area (Å²) in [6.45, 7) is 1.96. The van der Waals surface area contributed by atoms with Crippen LogP contribution in [0.25, 0.3) is 0 Å². The molecule has 0 rings (SSSR count). The van der Waals surface area contributed by atoms with Gasteiger partial charge in [0.2, 0.25) is 0 Å². The molecule has 0 bridgehead atoms. The lowest BCUT2D eigenvalue weighted by molar-refractivity contribution is -0.870. The van der Waals surface area contributed by atoms with Crippen molar-refractivity contribution in [2.24, 2.45) is 0 Å². The van der Waals surface area contributed by atoms with Crippen molar-refractivity contribution < 1.29 is 37.6 Å². The second-order valence-corrected chi connectivity index (χ2v) is 11.4. The van der Waals surface area contributed by atoms with Crippen molar-refractivity contribution in [2.75, 3.05) is 47.5 Å². The van der Waals surface area contributed by atoms with E-state index >= 15 is 0 Å². The van der Waals surface area contributed by atoms with Crippen LogP contribution in [0.3, 0.4) is 0 Å². The zero-order valence-electron chi connectivity index (χ0n) is 21.6. The summed E-state index contributed by atoms with van der Waals surface area (Å²) in [7, 11) is 1.55. The third kappa shape index (κ3) is 23.0. The molecule has 0 aliphatic carbocycles. The highest BCUT2D eigenvalue weighted by atomic mass is 31.2. The van der Waals surface area contributed by atoms with Gasteiger partial charge in [-0.3, -0.25) is 13.8 Å². The molecular formula is C24H51NO7P+. The molecule has 2 unspecified atom stereocenters. The summed E-state index contributed by atoms with van der Waals surface area (Å²) in [5, 5.41) is 9.37. The molecule has 9 heteroatoms. The van der Waals surface area contributed by atoms with Crippen LogP contribution >= 0.6 is 7.82 Å². The number of quaternary nitrogens is 1. The Hall–Kier alpha value is -0.500. The number of phosphoric acid groups is 1. The van der Waals surface area contributed by atoms with Crippen LogP contribution in [-0.4, -0.2) is 74.1 Å². The largest absolute Gasteiger partial charge is 0.472 e. The van der Waals surface area contributed by atoms with Gasteiger partial charge < -0.3 is 19.2 Å². The number of unbranched alkanes of at least 4 members (excludes halogenated alkanes) is 12. The Labute approximate surface area is 202 Å². The highest BCUT2D eigenvalue weighted by Crippen LogP contribution is 2.43. The monoisotopic (exact) mass is 496 g/mol. The van der Waals surface area contributed by atoms with Gasteiger partial charge in [0.05, 0.1) is 34.4 Å². The summed E-state index contributed by atoms with van der Waals surface area (Å²) in [5.41, 5.74) is 0. The van der Waals surface area contributed by atoms with Crippen LogP contribution in [0.1, 0.15) is 96.8 Å². The van der Waals surface area contributed by atoms with Gasteiger partial charge in [-0.15, -0.1) is 0 Å². The van der Waals surface area contributed by atoms with Gasteiger partial charge in [0.25, 0.3) is 0 Å². The molecule has 0 aromatic rings. The van der Waals surface area contributed by atoms with Crippen molar-refractivity contribution >= 4 is 13.8 Å². The smallest absolute Gasteiger partial charge is 0.457 e. The zero-order valence-corrected chi connectivity index (χ0v) is 22.5. The highest BCUT2D eigenvalue weighted by molar-refractivity contribution is 7.47. The molecule has 198 valence electrons. The van der Waals surface area contributed by atoms with E-state index in [2.05, 4.69) is 6.92 Å². The Bertz CT molecular complexity index is 525. The minimum absolute atomic E-state index is 0.0555. The maximum atomic E-state index is 12.0. The van der Waals surface area contributed by atoms with Gasteiger partial charge in [0.1, 0.15) is 19.3 Å². The fraction of sp³-hybridized carbons (Fsp3) is 0.958. The fourth-order valence-electron chi connectivity index (χ4n) is 3.30. The molecule has 2 atom stereocenters. The molecule has 0 aromatic carbocycles.